The van der Waals surface area contributed by atoms with E-state index >= 15 is 0 Å². The Hall–Kier alpha value is -2.43. The first kappa shape index (κ1) is 12.6. The Kier molecular flexibility index (Phi) is 2.89. The number of carbonyl (C=O) groups is 1. The number of Topliss-reactive ketones (excluding diaryl/α,β-unsaturated/α-hetero) is 1. The number of ketones is 1. The quantitative estimate of drug-likeness (QED) is 0.778. The number of hydrogen-bond acceptors (Lipinski definition) is 2. The van der Waals surface area contributed by atoms with Gasteiger partial charge in [0.05, 0.1) is 17.8 Å². The summed E-state index contributed by atoms with van der Waals surface area (Å²) in [7, 11) is 0. The van der Waals surface area contributed by atoms with Crippen molar-refractivity contribution in [2.75, 3.05) is 0 Å². The number of nitrogens with zero attached hydrogens (tertiary/aromatic N) is 1. The summed E-state index contributed by atoms with van der Waals surface area (Å²) in [4.78, 5) is 16.2. The minimum atomic E-state index is -0.998. The van der Waals surface area contributed by atoms with Crippen LogP contribution in [0.4, 0.5) is 18.9 Å². The van der Waals surface area contributed by atoms with Crippen molar-refractivity contribution in [3.8, 4) is 0 Å². The maximum Gasteiger partial charge on any atom is 0.171 e. The lowest BCUT2D eigenvalue weighted by molar-refractivity contribution is 0.0999. The van der Waals surface area contributed by atoms with E-state index in [2.05, 4.69) is 4.99 Å². The van der Waals surface area contributed by atoms with Gasteiger partial charge in [-0.15, -0.1) is 0 Å². The number of aliphatic imine (C=N–C) groups is 1. The number of hydrogen-bond donors (Lipinski definition) is 0. The summed E-state index contributed by atoms with van der Waals surface area (Å²) in [5, 5.41) is 0. The molecule has 0 radical (unpaired) electrons. The molecule has 0 saturated carbocycles. The van der Waals surface area contributed by atoms with E-state index in [1.165, 1.54) is 18.2 Å². The first-order valence-corrected chi connectivity index (χ1v) is 5.90. The molecule has 3 rings (SSSR count). The van der Waals surface area contributed by atoms with E-state index in [-0.39, 0.29) is 17.8 Å². The smallest absolute Gasteiger partial charge is 0.171 e. The van der Waals surface area contributed by atoms with Crippen LogP contribution in [-0.4, -0.2) is 11.5 Å². The third-order valence-corrected chi connectivity index (χ3v) is 3.10. The highest BCUT2D eigenvalue weighted by Crippen LogP contribution is 2.28. The van der Waals surface area contributed by atoms with Crippen molar-refractivity contribution in [1.82, 2.24) is 0 Å². The van der Waals surface area contributed by atoms with E-state index in [0.29, 0.717) is 17.0 Å². The Morgan fingerprint density at radius 2 is 1.75 bits per heavy atom. The van der Waals surface area contributed by atoms with Crippen LogP contribution in [0.15, 0.2) is 41.4 Å². The lowest BCUT2D eigenvalue weighted by Crippen LogP contribution is -2.15. The van der Waals surface area contributed by atoms with Gasteiger partial charge in [0.1, 0.15) is 5.82 Å². The largest absolute Gasteiger partial charge is 0.294 e. The number of benzene rings is 2. The number of carbonyl (C=O) groups excluding carboxylic acids is 1. The molecule has 100 valence electrons. The standard InChI is InChI=1S/C15H8F3NO/c16-9-2-4-13-10(6-9)15(20)7-14(19-13)8-1-3-11(17)12(18)5-8/h1-6H,7H2. The highest BCUT2D eigenvalue weighted by atomic mass is 19.2. The molecule has 0 bridgehead atoms. The van der Waals surface area contributed by atoms with Gasteiger partial charge in [-0.2, -0.15) is 0 Å². The Bertz CT molecular complexity index is 753. The van der Waals surface area contributed by atoms with Crippen molar-refractivity contribution in [2.24, 2.45) is 4.99 Å². The highest BCUT2D eigenvalue weighted by Gasteiger charge is 2.22. The fraction of sp³-hybridized carbons (Fsp3) is 0.0667. The Labute approximate surface area is 112 Å². The van der Waals surface area contributed by atoms with Crippen LogP contribution in [-0.2, 0) is 0 Å². The first-order valence-electron chi connectivity index (χ1n) is 5.90. The van der Waals surface area contributed by atoms with Crippen LogP contribution >= 0.6 is 0 Å². The molecule has 2 aromatic carbocycles. The van der Waals surface area contributed by atoms with Crippen LogP contribution < -0.4 is 0 Å². The molecule has 0 spiro atoms. The van der Waals surface area contributed by atoms with E-state index < -0.39 is 17.5 Å². The van der Waals surface area contributed by atoms with Crippen molar-refractivity contribution >= 4 is 17.2 Å². The van der Waals surface area contributed by atoms with Crippen molar-refractivity contribution in [2.45, 2.75) is 6.42 Å². The van der Waals surface area contributed by atoms with Crippen molar-refractivity contribution in [3.05, 3.63) is 65.0 Å². The van der Waals surface area contributed by atoms with Gasteiger partial charge in [-0.25, -0.2) is 13.2 Å². The van der Waals surface area contributed by atoms with Gasteiger partial charge in [-0.3, -0.25) is 9.79 Å². The topological polar surface area (TPSA) is 29.4 Å². The maximum absolute atomic E-state index is 13.2. The van der Waals surface area contributed by atoms with Gasteiger partial charge >= 0.3 is 0 Å². The van der Waals surface area contributed by atoms with Crippen LogP contribution in [0.5, 0.6) is 0 Å². The lowest BCUT2D eigenvalue weighted by atomic mass is 9.96. The van der Waals surface area contributed by atoms with Gasteiger partial charge in [0.15, 0.2) is 17.4 Å². The molecular weight excluding hydrogens is 267 g/mol. The molecule has 1 heterocycles. The Morgan fingerprint density at radius 3 is 2.50 bits per heavy atom. The van der Waals surface area contributed by atoms with Gasteiger partial charge in [0.2, 0.25) is 0 Å². The lowest BCUT2D eigenvalue weighted by Gasteiger charge is -2.14. The number of halogens is 3. The van der Waals surface area contributed by atoms with E-state index in [0.717, 1.165) is 18.2 Å². The minimum absolute atomic E-state index is 0.0679. The third kappa shape index (κ3) is 2.11. The van der Waals surface area contributed by atoms with Gasteiger partial charge < -0.3 is 0 Å². The molecule has 0 amide bonds. The Balaban J connectivity index is 2.10. The molecule has 20 heavy (non-hydrogen) atoms. The normalized spacial score (nSPS) is 13.9. The van der Waals surface area contributed by atoms with E-state index in [1.54, 1.807) is 0 Å². The van der Waals surface area contributed by atoms with E-state index in [4.69, 9.17) is 0 Å². The van der Waals surface area contributed by atoms with Crippen LogP contribution in [0.25, 0.3) is 0 Å². The molecule has 0 atom stereocenters. The molecule has 0 N–H and O–H groups in total. The summed E-state index contributed by atoms with van der Waals surface area (Å²) in [5.74, 6) is -2.76. The van der Waals surface area contributed by atoms with Crippen molar-refractivity contribution < 1.29 is 18.0 Å². The number of rotatable bonds is 1. The predicted molar refractivity (Wildman–Crippen MR) is 67.9 cm³/mol. The minimum Gasteiger partial charge on any atom is -0.294 e. The van der Waals surface area contributed by atoms with Crippen molar-refractivity contribution in [1.29, 1.82) is 0 Å². The molecule has 0 fully saturated rings. The summed E-state index contributed by atoms with van der Waals surface area (Å²) in [6.45, 7) is 0. The molecule has 2 nitrogen and oxygen atoms in total. The second-order valence-corrected chi connectivity index (χ2v) is 4.45. The molecule has 0 aliphatic carbocycles. The molecule has 1 aliphatic rings. The van der Waals surface area contributed by atoms with Crippen molar-refractivity contribution in [3.63, 3.8) is 0 Å². The molecule has 0 saturated heterocycles. The average molecular weight is 275 g/mol. The summed E-state index contributed by atoms with van der Waals surface area (Å²) in [6, 6.07) is 7.06. The monoisotopic (exact) mass is 275 g/mol. The molecule has 1 aliphatic heterocycles. The van der Waals surface area contributed by atoms with Gasteiger partial charge in [0, 0.05) is 5.56 Å². The fourth-order valence-electron chi connectivity index (χ4n) is 2.10. The molecule has 0 aromatic heterocycles. The van der Waals surface area contributed by atoms with Gasteiger partial charge in [-0.05, 0) is 35.9 Å². The Morgan fingerprint density at radius 1 is 0.950 bits per heavy atom. The molecule has 5 heteroatoms. The second kappa shape index (κ2) is 4.59. The zero-order valence-corrected chi connectivity index (χ0v) is 10.2. The summed E-state index contributed by atoms with van der Waals surface area (Å²) in [5.41, 5.74) is 1.22. The zero-order valence-electron chi connectivity index (χ0n) is 10.2. The van der Waals surface area contributed by atoms with Crippen LogP contribution in [0.1, 0.15) is 22.3 Å². The van der Waals surface area contributed by atoms with Gasteiger partial charge in [-0.1, -0.05) is 6.07 Å². The summed E-state index contributed by atoms with van der Waals surface area (Å²) in [6.07, 6.45) is -0.0679. The summed E-state index contributed by atoms with van der Waals surface area (Å²) >= 11 is 0. The van der Waals surface area contributed by atoms with E-state index in [9.17, 15) is 18.0 Å². The van der Waals surface area contributed by atoms with Crippen LogP contribution in [0.3, 0.4) is 0 Å². The van der Waals surface area contributed by atoms with Crippen LogP contribution in [0, 0.1) is 17.5 Å². The molecular formula is C15H8F3NO. The predicted octanol–water partition coefficient (Wildman–Crippen LogP) is 3.81. The summed E-state index contributed by atoms with van der Waals surface area (Å²) < 4.78 is 39.2. The molecule has 0 unspecified atom stereocenters. The highest BCUT2D eigenvalue weighted by molar-refractivity contribution is 6.20. The third-order valence-electron chi connectivity index (χ3n) is 3.10. The first-order chi connectivity index (χ1) is 9.54. The second-order valence-electron chi connectivity index (χ2n) is 4.45. The molecule has 2 aromatic rings. The van der Waals surface area contributed by atoms with Gasteiger partial charge in [0.25, 0.3) is 0 Å². The SMILES string of the molecule is O=C1CC(c2ccc(F)c(F)c2)=Nc2ccc(F)cc21. The average Bonchev–Trinajstić information content (AvgIpc) is 2.42. The zero-order chi connectivity index (χ0) is 14.3. The van der Waals surface area contributed by atoms with Crippen LogP contribution in [0.2, 0.25) is 0 Å². The fourth-order valence-corrected chi connectivity index (χ4v) is 2.10. The number of fused-ring (bicyclic) bond motifs is 1. The van der Waals surface area contributed by atoms with E-state index in [1.807, 2.05) is 0 Å². The maximum atomic E-state index is 13.2.